The Bertz CT molecular complexity index is 390. The molecule has 0 saturated heterocycles. The summed E-state index contributed by atoms with van der Waals surface area (Å²) in [6.45, 7) is 1.31. The van der Waals surface area contributed by atoms with Crippen molar-refractivity contribution in [2.45, 2.75) is 18.9 Å². The molecule has 0 aliphatic heterocycles. The molecule has 0 saturated carbocycles. The summed E-state index contributed by atoms with van der Waals surface area (Å²) in [5.74, 6) is -1.57. The van der Waals surface area contributed by atoms with Crippen LogP contribution in [0.5, 0.6) is 5.75 Å². The number of primary amides is 1. The molecule has 0 aliphatic carbocycles. The van der Waals surface area contributed by atoms with Crippen LogP contribution in [0.15, 0.2) is 30.3 Å². The summed E-state index contributed by atoms with van der Waals surface area (Å²) in [4.78, 5) is 21.8. The zero-order valence-electron chi connectivity index (χ0n) is 8.84. The first-order valence-electron chi connectivity index (χ1n) is 4.70. The summed E-state index contributed by atoms with van der Waals surface area (Å²) in [5.41, 5.74) is 3.36. The Labute approximate surface area is 92.8 Å². The molecule has 0 spiro atoms. The molecule has 0 aromatic heterocycles. The van der Waals surface area contributed by atoms with Crippen molar-refractivity contribution in [2.75, 3.05) is 0 Å². The van der Waals surface area contributed by atoms with E-state index in [4.69, 9.17) is 15.6 Å². The predicted octanol–water partition coefficient (Wildman–Crippen LogP) is 0.784. The molecule has 0 heterocycles. The minimum Gasteiger partial charge on any atom is -0.478 e. The number of nitrogens with two attached hydrogens (primary N) is 1. The van der Waals surface area contributed by atoms with Gasteiger partial charge in [0.05, 0.1) is 6.42 Å². The van der Waals surface area contributed by atoms with Crippen molar-refractivity contribution in [1.82, 2.24) is 0 Å². The zero-order valence-corrected chi connectivity index (χ0v) is 8.84. The Balaban J connectivity index is 2.87. The fourth-order valence-corrected chi connectivity index (χ4v) is 1.24. The monoisotopic (exact) mass is 223 g/mol. The molecule has 5 nitrogen and oxygen atoms in total. The topological polar surface area (TPSA) is 89.6 Å². The lowest BCUT2D eigenvalue weighted by Gasteiger charge is -2.24. The quantitative estimate of drug-likeness (QED) is 0.772. The summed E-state index contributed by atoms with van der Waals surface area (Å²) >= 11 is 0. The molecule has 1 amide bonds. The number of carbonyl (C=O) groups excluding carboxylic acids is 1. The number of ether oxygens (including phenoxy) is 1. The molecule has 0 fully saturated rings. The third-order valence-electron chi connectivity index (χ3n) is 2.05. The Morgan fingerprint density at radius 2 is 1.94 bits per heavy atom. The van der Waals surface area contributed by atoms with E-state index in [1.165, 1.54) is 6.92 Å². The molecule has 16 heavy (non-hydrogen) atoms. The van der Waals surface area contributed by atoms with Gasteiger partial charge < -0.3 is 15.6 Å². The van der Waals surface area contributed by atoms with Crippen molar-refractivity contribution in [1.29, 1.82) is 0 Å². The fraction of sp³-hybridized carbons (Fsp3) is 0.273. The van der Waals surface area contributed by atoms with E-state index < -0.39 is 17.5 Å². The van der Waals surface area contributed by atoms with Crippen LogP contribution in [0.25, 0.3) is 0 Å². The number of rotatable bonds is 5. The van der Waals surface area contributed by atoms with E-state index in [2.05, 4.69) is 0 Å². The highest BCUT2D eigenvalue weighted by molar-refractivity contribution is 5.86. The molecule has 0 radical (unpaired) electrons. The summed E-state index contributed by atoms with van der Waals surface area (Å²) < 4.78 is 5.27. The van der Waals surface area contributed by atoms with Gasteiger partial charge in [0.2, 0.25) is 11.5 Å². The summed E-state index contributed by atoms with van der Waals surface area (Å²) in [6.07, 6.45) is -0.378. The molecular weight excluding hydrogens is 210 g/mol. The van der Waals surface area contributed by atoms with Crippen molar-refractivity contribution in [2.24, 2.45) is 5.73 Å². The molecule has 0 aliphatic rings. The van der Waals surface area contributed by atoms with E-state index in [1.54, 1.807) is 30.3 Å². The van der Waals surface area contributed by atoms with E-state index >= 15 is 0 Å². The zero-order chi connectivity index (χ0) is 12.2. The molecule has 3 N–H and O–H groups in total. The average molecular weight is 223 g/mol. The van der Waals surface area contributed by atoms with Gasteiger partial charge in [0.25, 0.3) is 0 Å². The van der Waals surface area contributed by atoms with Crippen LogP contribution < -0.4 is 10.5 Å². The highest BCUT2D eigenvalue weighted by Crippen LogP contribution is 2.21. The van der Waals surface area contributed by atoms with Gasteiger partial charge in [0.1, 0.15) is 5.75 Å². The second-order valence-corrected chi connectivity index (χ2v) is 3.59. The summed E-state index contributed by atoms with van der Waals surface area (Å²) in [6, 6.07) is 8.42. The maximum atomic E-state index is 11.0. The number of aliphatic carboxylic acids is 1. The molecule has 86 valence electrons. The SMILES string of the molecule is CC(CC(N)=O)(Oc1ccccc1)C(=O)O. The van der Waals surface area contributed by atoms with Crippen LogP contribution in [0, 0.1) is 0 Å². The highest BCUT2D eigenvalue weighted by Gasteiger charge is 2.37. The number of para-hydroxylation sites is 1. The third kappa shape index (κ3) is 2.98. The van der Waals surface area contributed by atoms with Gasteiger partial charge in [0.15, 0.2) is 0 Å². The van der Waals surface area contributed by atoms with Crippen LogP contribution in [-0.4, -0.2) is 22.6 Å². The molecule has 0 bridgehead atoms. The van der Waals surface area contributed by atoms with E-state index in [0.717, 1.165) is 0 Å². The van der Waals surface area contributed by atoms with Crippen molar-refractivity contribution < 1.29 is 19.4 Å². The second-order valence-electron chi connectivity index (χ2n) is 3.59. The Morgan fingerprint density at radius 1 is 1.38 bits per heavy atom. The van der Waals surface area contributed by atoms with Gasteiger partial charge in [0, 0.05) is 0 Å². The molecule has 1 unspecified atom stereocenters. The van der Waals surface area contributed by atoms with Gasteiger partial charge in [-0.3, -0.25) is 4.79 Å². The van der Waals surface area contributed by atoms with E-state index in [-0.39, 0.29) is 6.42 Å². The lowest BCUT2D eigenvalue weighted by molar-refractivity contribution is -0.156. The first-order chi connectivity index (χ1) is 7.44. The molecule has 1 rings (SSSR count). The van der Waals surface area contributed by atoms with Gasteiger partial charge in [-0.25, -0.2) is 4.79 Å². The Hall–Kier alpha value is -2.04. The lowest BCUT2D eigenvalue weighted by Crippen LogP contribution is -2.44. The molecule has 1 aromatic rings. The Kier molecular flexibility index (Phi) is 3.50. The third-order valence-corrected chi connectivity index (χ3v) is 2.05. The van der Waals surface area contributed by atoms with Crippen LogP contribution in [0.1, 0.15) is 13.3 Å². The lowest BCUT2D eigenvalue weighted by atomic mass is 10.0. The van der Waals surface area contributed by atoms with Crippen LogP contribution in [0.4, 0.5) is 0 Å². The summed E-state index contributed by atoms with van der Waals surface area (Å²) in [7, 11) is 0. The van der Waals surface area contributed by atoms with E-state index in [1.807, 2.05) is 0 Å². The first kappa shape index (κ1) is 12.0. The van der Waals surface area contributed by atoms with Crippen LogP contribution >= 0.6 is 0 Å². The largest absolute Gasteiger partial charge is 0.478 e. The van der Waals surface area contributed by atoms with Crippen LogP contribution in [0.2, 0.25) is 0 Å². The minimum absolute atomic E-state index is 0.378. The number of carbonyl (C=O) groups is 2. The van der Waals surface area contributed by atoms with Gasteiger partial charge in [-0.05, 0) is 19.1 Å². The molecule has 5 heteroatoms. The summed E-state index contributed by atoms with van der Waals surface area (Å²) in [5, 5.41) is 9.01. The number of carboxylic acid groups (broad SMARTS) is 1. The van der Waals surface area contributed by atoms with Gasteiger partial charge >= 0.3 is 5.97 Å². The molecule has 1 atom stereocenters. The maximum Gasteiger partial charge on any atom is 0.348 e. The average Bonchev–Trinajstić information content (AvgIpc) is 2.17. The van der Waals surface area contributed by atoms with Crippen molar-refractivity contribution in [3.8, 4) is 5.75 Å². The standard InChI is InChI=1S/C11H13NO4/c1-11(10(14)15,7-9(12)13)16-8-5-3-2-4-6-8/h2-6H,7H2,1H3,(H2,12,13)(H,14,15). The van der Waals surface area contributed by atoms with Crippen molar-refractivity contribution >= 4 is 11.9 Å². The normalized spacial score (nSPS) is 13.8. The van der Waals surface area contributed by atoms with Gasteiger partial charge in [-0.15, -0.1) is 0 Å². The Morgan fingerprint density at radius 3 is 2.38 bits per heavy atom. The molecular formula is C11H13NO4. The number of benzene rings is 1. The number of hydrogen-bond acceptors (Lipinski definition) is 3. The van der Waals surface area contributed by atoms with Crippen LogP contribution in [0.3, 0.4) is 0 Å². The number of hydrogen-bond donors (Lipinski definition) is 2. The number of amides is 1. The van der Waals surface area contributed by atoms with Gasteiger partial charge in [-0.1, -0.05) is 18.2 Å². The molecule has 1 aromatic carbocycles. The van der Waals surface area contributed by atoms with E-state index in [9.17, 15) is 9.59 Å². The van der Waals surface area contributed by atoms with Crippen molar-refractivity contribution in [3.63, 3.8) is 0 Å². The van der Waals surface area contributed by atoms with Crippen molar-refractivity contribution in [3.05, 3.63) is 30.3 Å². The fourth-order valence-electron chi connectivity index (χ4n) is 1.24. The van der Waals surface area contributed by atoms with Gasteiger partial charge in [-0.2, -0.15) is 0 Å². The second kappa shape index (κ2) is 4.65. The van der Waals surface area contributed by atoms with E-state index in [0.29, 0.717) is 5.75 Å². The first-order valence-corrected chi connectivity index (χ1v) is 4.70. The van der Waals surface area contributed by atoms with Crippen LogP contribution in [-0.2, 0) is 9.59 Å². The number of carboxylic acids is 1. The highest BCUT2D eigenvalue weighted by atomic mass is 16.5. The predicted molar refractivity (Wildman–Crippen MR) is 56.9 cm³/mol. The smallest absolute Gasteiger partial charge is 0.348 e. The minimum atomic E-state index is -1.63. The maximum absolute atomic E-state index is 11.0.